The number of fused-ring (bicyclic) bond motifs is 1. The van der Waals surface area contributed by atoms with E-state index in [-0.39, 0.29) is 40.9 Å². The number of rotatable bonds is 26. The van der Waals surface area contributed by atoms with Gasteiger partial charge >= 0.3 is 5.97 Å². The molecule has 3 unspecified atom stereocenters. The maximum atomic E-state index is 15.7. The van der Waals surface area contributed by atoms with Crippen molar-refractivity contribution in [3.63, 3.8) is 0 Å². The highest BCUT2D eigenvalue weighted by Crippen LogP contribution is 2.44. The number of aryl methyl sites for hydroxylation is 1. The molecule has 4 atom stereocenters. The van der Waals surface area contributed by atoms with Gasteiger partial charge < -0.3 is 34.4 Å². The number of aromatic nitrogens is 5. The number of oxime groups is 1. The Morgan fingerprint density at radius 3 is 1.76 bits per heavy atom. The highest BCUT2D eigenvalue weighted by molar-refractivity contribution is 8.01. The summed E-state index contributed by atoms with van der Waals surface area (Å²) in [5.41, 5.74) is 6.14. The second kappa shape index (κ2) is 30.0. The van der Waals surface area contributed by atoms with Crippen LogP contribution in [0.5, 0.6) is 5.75 Å². The molecule has 1 saturated heterocycles. The number of esters is 1. The quantitative estimate of drug-likeness (QED) is 0.00978. The van der Waals surface area contributed by atoms with E-state index in [2.05, 4.69) is 26.2 Å². The van der Waals surface area contributed by atoms with Crippen molar-refractivity contribution in [3.8, 4) is 5.75 Å². The molecule has 0 spiro atoms. The lowest BCUT2D eigenvalue weighted by Crippen LogP contribution is -2.71. The zero-order chi connectivity index (χ0) is 66.7. The number of ether oxygens (including phenoxy) is 4. The number of hydrogen-bond acceptors (Lipinski definition) is 19. The SMILES string of the molecule is COc1ccc(COC2C(=O)C=C(C(O/N=C(\C(=O)NC3C(=O)N4C(C(=O)OC(c5ccccc5)c5ccccc5)=C(CSc5nnnn5C)CS[C@@H]34)c3csc(NC(c4ccccc4)(c4ccccc4)c4ccccc4)n3)OC(c3ccccc3)c3ccccc3)N=C2C)cc1. The molecule has 5 heterocycles. The van der Waals surface area contributed by atoms with Crippen LogP contribution in [0.4, 0.5) is 5.13 Å². The van der Waals surface area contributed by atoms with Gasteiger partial charge in [-0.05, 0) is 79.6 Å². The number of nitrogens with zero attached hydrogens (tertiary/aromatic N) is 8. The minimum absolute atomic E-state index is 0.0342. The molecule has 0 aliphatic carbocycles. The summed E-state index contributed by atoms with van der Waals surface area (Å²) in [6.07, 6.45) is -3.00. The van der Waals surface area contributed by atoms with Gasteiger partial charge in [0.15, 0.2) is 28.8 Å². The van der Waals surface area contributed by atoms with Crippen LogP contribution in [0.25, 0.3) is 0 Å². The van der Waals surface area contributed by atoms with Gasteiger partial charge in [0.25, 0.3) is 18.1 Å². The van der Waals surface area contributed by atoms with E-state index in [9.17, 15) is 4.79 Å². The Bertz CT molecular complexity index is 4360. The number of aliphatic imine (C=N–C) groups is 1. The predicted molar refractivity (Wildman–Crippen MR) is 372 cm³/mol. The molecule has 486 valence electrons. The Morgan fingerprint density at radius 2 is 1.25 bits per heavy atom. The van der Waals surface area contributed by atoms with Crippen molar-refractivity contribution < 1.29 is 43.0 Å². The number of tetrazole rings is 1. The first-order chi connectivity index (χ1) is 47.5. The average Bonchev–Trinajstić information content (AvgIpc) is 0.765. The van der Waals surface area contributed by atoms with Crippen LogP contribution < -0.4 is 15.4 Å². The molecular formula is C75H64N10O9S3. The zero-order valence-corrected chi connectivity index (χ0v) is 55.2. The van der Waals surface area contributed by atoms with Gasteiger partial charge in [-0.3, -0.25) is 24.3 Å². The number of thioether (sulfide) groups is 2. The molecule has 3 aliphatic heterocycles. The number of carbonyl (C=O) groups excluding carboxylic acids is 4. The molecule has 2 amide bonds. The molecule has 8 aromatic carbocycles. The molecule has 0 bridgehead atoms. The number of carbonyl (C=O) groups is 4. The van der Waals surface area contributed by atoms with Gasteiger partial charge in [-0.15, -0.1) is 28.2 Å². The number of thiazole rings is 1. The third kappa shape index (κ3) is 14.4. The number of methoxy groups -OCH3 is 1. The zero-order valence-electron chi connectivity index (χ0n) is 52.7. The van der Waals surface area contributed by atoms with Crippen molar-refractivity contribution in [2.45, 2.75) is 60.2 Å². The van der Waals surface area contributed by atoms with Crippen molar-refractivity contribution in [2.75, 3.05) is 23.9 Å². The van der Waals surface area contributed by atoms with Gasteiger partial charge in [-0.2, -0.15) is 0 Å². The van der Waals surface area contributed by atoms with E-state index >= 15 is 14.4 Å². The topological polar surface area (TPSA) is 223 Å². The van der Waals surface area contributed by atoms with Crippen molar-refractivity contribution >= 4 is 75.0 Å². The summed E-state index contributed by atoms with van der Waals surface area (Å²) in [6.45, 7) is 1.78. The normalized spacial score (nSPS) is 16.6. The molecule has 2 N–H and O–H groups in total. The summed E-state index contributed by atoms with van der Waals surface area (Å²) in [7, 11) is 3.30. The maximum Gasteiger partial charge on any atom is 0.356 e. The Morgan fingerprint density at radius 1 is 0.711 bits per heavy atom. The summed E-state index contributed by atoms with van der Waals surface area (Å²) in [5.74, 6) is -1.42. The van der Waals surface area contributed by atoms with E-state index in [1.807, 2.05) is 237 Å². The highest BCUT2D eigenvalue weighted by atomic mass is 32.2. The standard InChI is InChI=1S/C75H64N10O9S3/c1-48-65(91-44-49-39-41-58(90-3)42-40-49)61(86)43-59(76-48)72(93-67(52-29-15-6-16-30-52)53-31-17-7-18-32-53)94-81-62(60-47-96-73(77-60)79-75(55-33-19-8-20-34-55,56-35-21-9-22-36-56)57-37-23-10-24-38-57)68(87)78-63-69(88)85-64(54(45-95-70(63)85)46-97-74-80-82-83-84(74)2)71(89)92-66(50-25-11-4-12-26-50)51-27-13-5-14-28-51/h4-43,47,63,65-67,70,72H,44-46H2,1-3H3,(H,77,79)(H,78,87)/b81-62-/t63?,65?,70-,72?/m0/s1. The number of anilines is 1. The Hall–Kier alpha value is -10.6. The third-order valence-electron chi connectivity index (χ3n) is 16.5. The molecule has 0 radical (unpaired) electrons. The van der Waals surface area contributed by atoms with Gasteiger partial charge in [-0.1, -0.05) is 241 Å². The minimum atomic E-state index is -1.58. The minimum Gasteiger partial charge on any atom is -0.497 e. The van der Waals surface area contributed by atoms with E-state index in [1.165, 1.54) is 50.5 Å². The molecule has 10 aromatic rings. The Labute approximate surface area is 572 Å². The lowest BCUT2D eigenvalue weighted by molar-refractivity contribution is -0.154. The molecule has 22 heteroatoms. The largest absolute Gasteiger partial charge is 0.497 e. The van der Waals surface area contributed by atoms with Gasteiger partial charge in [-0.25, -0.2) is 14.5 Å². The monoisotopic (exact) mass is 1340 g/mol. The number of ketones is 1. The molecular weight excluding hydrogens is 1280 g/mol. The van der Waals surface area contributed by atoms with Crippen LogP contribution >= 0.6 is 34.9 Å². The van der Waals surface area contributed by atoms with E-state index in [4.69, 9.17) is 38.9 Å². The molecule has 13 rings (SSSR count). The number of β-lactam (4-membered cyclic amide) rings is 1. The molecule has 2 aromatic heterocycles. The van der Waals surface area contributed by atoms with E-state index in [0.717, 1.165) is 44.5 Å². The summed E-state index contributed by atoms with van der Waals surface area (Å²) in [5, 5.41) is 25.2. The summed E-state index contributed by atoms with van der Waals surface area (Å²) < 4.78 is 26.6. The smallest absolute Gasteiger partial charge is 0.356 e. The average molecular weight is 1350 g/mol. The highest BCUT2D eigenvalue weighted by Gasteiger charge is 2.55. The lowest BCUT2D eigenvalue weighted by Gasteiger charge is -2.49. The summed E-state index contributed by atoms with van der Waals surface area (Å²) >= 11 is 3.90. The van der Waals surface area contributed by atoms with Gasteiger partial charge in [0.1, 0.15) is 45.9 Å². The van der Waals surface area contributed by atoms with Crippen LogP contribution in [0.2, 0.25) is 0 Å². The Kier molecular flexibility index (Phi) is 20.1. The van der Waals surface area contributed by atoms with Gasteiger partial charge in [0.05, 0.1) is 19.4 Å². The van der Waals surface area contributed by atoms with E-state index in [1.54, 1.807) is 26.5 Å². The first-order valence-corrected chi connectivity index (χ1v) is 34.0. The van der Waals surface area contributed by atoms with Gasteiger partial charge in [0.2, 0.25) is 5.16 Å². The van der Waals surface area contributed by atoms with Crippen LogP contribution in [0.1, 0.15) is 69.3 Å². The first kappa shape index (κ1) is 65.1. The second-order valence-corrected chi connectivity index (χ2v) is 25.7. The van der Waals surface area contributed by atoms with Gasteiger partial charge in [0, 0.05) is 30.0 Å². The van der Waals surface area contributed by atoms with Crippen molar-refractivity contribution in [3.05, 3.63) is 315 Å². The Balaban J connectivity index is 0.877. The molecule has 3 aliphatic rings. The summed E-state index contributed by atoms with van der Waals surface area (Å²) in [6, 6.07) is 73.8. The van der Waals surface area contributed by atoms with Crippen LogP contribution in [0.3, 0.4) is 0 Å². The van der Waals surface area contributed by atoms with Crippen molar-refractivity contribution in [2.24, 2.45) is 17.2 Å². The number of nitrogens with one attached hydrogen (secondary N) is 2. The van der Waals surface area contributed by atoms with E-state index < -0.39 is 65.1 Å². The molecule has 97 heavy (non-hydrogen) atoms. The molecule has 19 nitrogen and oxygen atoms in total. The van der Waals surface area contributed by atoms with Crippen LogP contribution in [0.15, 0.2) is 280 Å². The van der Waals surface area contributed by atoms with Crippen molar-refractivity contribution in [1.29, 1.82) is 0 Å². The number of hydrogen-bond donors (Lipinski definition) is 2. The number of benzene rings is 8. The number of amides is 2. The summed E-state index contributed by atoms with van der Waals surface area (Å²) in [4.78, 5) is 78.4. The fraction of sp³-hybridized carbons (Fsp3) is 0.173. The van der Waals surface area contributed by atoms with Crippen LogP contribution in [-0.4, -0.2) is 108 Å². The fourth-order valence-electron chi connectivity index (χ4n) is 11.7. The first-order valence-electron chi connectivity index (χ1n) is 31.1. The van der Waals surface area contributed by atoms with Crippen LogP contribution in [-0.2, 0) is 57.4 Å². The molecule has 1 fully saturated rings. The second-order valence-electron chi connectivity index (χ2n) is 22.8. The fourth-order valence-corrected chi connectivity index (χ4v) is 14.8. The van der Waals surface area contributed by atoms with E-state index in [0.29, 0.717) is 27.3 Å². The van der Waals surface area contributed by atoms with Crippen LogP contribution in [0, 0.1) is 0 Å². The molecule has 0 saturated carbocycles. The predicted octanol–water partition coefficient (Wildman–Crippen LogP) is 12.2. The van der Waals surface area contributed by atoms with Crippen molar-refractivity contribution in [1.82, 2.24) is 35.4 Å². The third-order valence-corrected chi connectivity index (χ3v) is 19.7. The maximum absolute atomic E-state index is 15.7. The lowest BCUT2D eigenvalue weighted by atomic mass is 9.77.